The van der Waals surface area contributed by atoms with Crippen LogP contribution in [0.2, 0.25) is 5.02 Å². The predicted molar refractivity (Wildman–Crippen MR) is 88.3 cm³/mol. The van der Waals surface area contributed by atoms with E-state index in [0.29, 0.717) is 29.6 Å². The molecule has 0 aliphatic rings. The zero-order valence-electron chi connectivity index (χ0n) is 11.8. The van der Waals surface area contributed by atoms with E-state index in [2.05, 4.69) is 26.2 Å². The summed E-state index contributed by atoms with van der Waals surface area (Å²) in [5.41, 5.74) is 2.18. The summed E-state index contributed by atoms with van der Waals surface area (Å²) in [5.74, 6) is 0.848. The van der Waals surface area contributed by atoms with Crippen molar-refractivity contribution in [3.05, 3.63) is 45.1 Å². The SMILES string of the molecule is CCOc1c(Br)cc(Cl)cc1NCc1nc(C)ccc1O. The Morgan fingerprint density at radius 1 is 1.38 bits per heavy atom. The molecule has 0 amide bonds. The molecule has 1 heterocycles. The third kappa shape index (κ3) is 4.02. The van der Waals surface area contributed by atoms with Crippen LogP contribution >= 0.6 is 27.5 Å². The van der Waals surface area contributed by atoms with Crippen LogP contribution in [0, 0.1) is 6.92 Å². The van der Waals surface area contributed by atoms with E-state index in [0.717, 1.165) is 15.9 Å². The zero-order valence-corrected chi connectivity index (χ0v) is 14.1. The van der Waals surface area contributed by atoms with E-state index in [-0.39, 0.29) is 5.75 Å². The average Bonchev–Trinajstić information content (AvgIpc) is 2.43. The van der Waals surface area contributed by atoms with E-state index in [9.17, 15) is 5.11 Å². The number of halogens is 2. The smallest absolute Gasteiger partial charge is 0.156 e. The van der Waals surface area contributed by atoms with Crippen LogP contribution in [-0.2, 0) is 6.54 Å². The number of aryl methyl sites for hydroxylation is 1. The largest absolute Gasteiger partial charge is 0.506 e. The van der Waals surface area contributed by atoms with Crippen LogP contribution in [0.4, 0.5) is 5.69 Å². The minimum atomic E-state index is 0.159. The van der Waals surface area contributed by atoms with Crippen molar-refractivity contribution in [2.24, 2.45) is 0 Å². The van der Waals surface area contributed by atoms with Crippen molar-refractivity contribution in [2.45, 2.75) is 20.4 Å². The lowest BCUT2D eigenvalue weighted by atomic mass is 10.2. The van der Waals surface area contributed by atoms with Crippen LogP contribution in [0.5, 0.6) is 11.5 Å². The Bertz CT molecular complexity index is 650. The van der Waals surface area contributed by atoms with Crippen LogP contribution < -0.4 is 10.1 Å². The monoisotopic (exact) mass is 370 g/mol. The maximum absolute atomic E-state index is 9.83. The first kappa shape index (κ1) is 15.9. The van der Waals surface area contributed by atoms with Crippen molar-refractivity contribution < 1.29 is 9.84 Å². The fourth-order valence-corrected chi connectivity index (χ4v) is 2.82. The lowest BCUT2D eigenvalue weighted by Gasteiger charge is -2.15. The summed E-state index contributed by atoms with van der Waals surface area (Å²) in [6.45, 7) is 4.71. The van der Waals surface area contributed by atoms with E-state index >= 15 is 0 Å². The van der Waals surface area contributed by atoms with Gasteiger partial charge in [0, 0.05) is 10.7 Å². The van der Waals surface area contributed by atoms with Crippen molar-refractivity contribution in [1.29, 1.82) is 0 Å². The Kier molecular flexibility index (Phi) is 5.31. The highest BCUT2D eigenvalue weighted by Gasteiger charge is 2.11. The first-order valence-corrected chi connectivity index (χ1v) is 7.69. The fraction of sp³-hybridized carbons (Fsp3) is 0.267. The molecule has 0 unspecified atom stereocenters. The van der Waals surface area contributed by atoms with E-state index < -0.39 is 0 Å². The van der Waals surface area contributed by atoms with Gasteiger partial charge in [0.1, 0.15) is 11.4 Å². The molecule has 112 valence electrons. The minimum Gasteiger partial charge on any atom is -0.506 e. The predicted octanol–water partition coefficient (Wildman–Crippen LogP) is 4.52. The molecule has 0 fully saturated rings. The number of rotatable bonds is 5. The molecule has 0 saturated carbocycles. The Balaban J connectivity index is 2.25. The second kappa shape index (κ2) is 7.00. The summed E-state index contributed by atoms with van der Waals surface area (Å²) in [6.07, 6.45) is 0. The van der Waals surface area contributed by atoms with Gasteiger partial charge in [-0.1, -0.05) is 11.6 Å². The molecule has 21 heavy (non-hydrogen) atoms. The number of anilines is 1. The summed E-state index contributed by atoms with van der Waals surface area (Å²) in [6, 6.07) is 6.96. The molecule has 2 rings (SSSR count). The molecule has 0 atom stereocenters. The number of aromatic nitrogens is 1. The van der Waals surface area contributed by atoms with Gasteiger partial charge in [0.2, 0.25) is 0 Å². The summed E-state index contributed by atoms with van der Waals surface area (Å²) in [4.78, 5) is 4.31. The third-order valence-corrected chi connectivity index (χ3v) is 3.64. The van der Waals surface area contributed by atoms with Gasteiger partial charge >= 0.3 is 0 Å². The molecule has 0 bridgehead atoms. The molecular weight excluding hydrogens is 356 g/mol. The van der Waals surface area contributed by atoms with Crippen LogP contribution in [0.1, 0.15) is 18.3 Å². The number of nitrogens with zero attached hydrogens (tertiary/aromatic N) is 1. The lowest BCUT2D eigenvalue weighted by Crippen LogP contribution is -2.05. The highest BCUT2D eigenvalue weighted by atomic mass is 79.9. The van der Waals surface area contributed by atoms with Gasteiger partial charge in [-0.3, -0.25) is 4.98 Å². The molecule has 0 radical (unpaired) electrons. The fourth-order valence-electron chi connectivity index (χ4n) is 1.89. The van der Waals surface area contributed by atoms with Crippen LogP contribution in [-0.4, -0.2) is 16.7 Å². The Morgan fingerprint density at radius 3 is 2.86 bits per heavy atom. The molecule has 1 aromatic carbocycles. The molecule has 0 saturated heterocycles. The quantitative estimate of drug-likeness (QED) is 0.811. The Morgan fingerprint density at radius 2 is 2.14 bits per heavy atom. The number of nitrogens with one attached hydrogen (secondary N) is 1. The summed E-state index contributed by atoms with van der Waals surface area (Å²) < 4.78 is 6.39. The first-order valence-electron chi connectivity index (χ1n) is 6.52. The van der Waals surface area contributed by atoms with Crippen LogP contribution in [0.3, 0.4) is 0 Å². The molecule has 6 heteroatoms. The minimum absolute atomic E-state index is 0.159. The van der Waals surface area contributed by atoms with Crippen LogP contribution in [0.15, 0.2) is 28.7 Å². The standard InChI is InChI=1S/C15H16BrClN2O2/c1-3-21-15-11(16)6-10(17)7-12(15)18-8-13-14(20)5-4-9(2)19-13/h4-7,18,20H,3,8H2,1-2H3. The van der Waals surface area contributed by atoms with E-state index in [1.807, 2.05) is 13.8 Å². The van der Waals surface area contributed by atoms with Gasteiger partial charge in [0.25, 0.3) is 0 Å². The van der Waals surface area contributed by atoms with Crippen molar-refractivity contribution in [3.63, 3.8) is 0 Å². The normalized spacial score (nSPS) is 10.5. The summed E-state index contributed by atoms with van der Waals surface area (Å²) in [7, 11) is 0. The maximum Gasteiger partial charge on any atom is 0.156 e. The third-order valence-electron chi connectivity index (χ3n) is 2.83. The number of pyridine rings is 1. The molecule has 4 nitrogen and oxygen atoms in total. The number of ether oxygens (including phenoxy) is 1. The van der Waals surface area contributed by atoms with E-state index in [4.69, 9.17) is 16.3 Å². The number of hydrogen-bond acceptors (Lipinski definition) is 4. The molecule has 0 spiro atoms. The van der Waals surface area contributed by atoms with E-state index in [1.165, 1.54) is 0 Å². The van der Waals surface area contributed by atoms with Gasteiger partial charge in [0.15, 0.2) is 5.75 Å². The van der Waals surface area contributed by atoms with Gasteiger partial charge in [-0.2, -0.15) is 0 Å². The topological polar surface area (TPSA) is 54.4 Å². The molecule has 2 aromatic rings. The van der Waals surface area contributed by atoms with Crippen molar-refractivity contribution >= 4 is 33.2 Å². The van der Waals surface area contributed by atoms with Crippen molar-refractivity contribution in [2.75, 3.05) is 11.9 Å². The molecule has 2 N–H and O–H groups in total. The molecule has 0 aliphatic heterocycles. The van der Waals surface area contributed by atoms with Gasteiger partial charge in [0.05, 0.1) is 23.3 Å². The second-order valence-corrected chi connectivity index (χ2v) is 5.76. The maximum atomic E-state index is 9.83. The number of benzene rings is 1. The highest BCUT2D eigenvalue weighted by Crippen LogP contribution is 2.37. The second-order valence-electron chi connectivity index (χ2n) is 4.47. The molecular formula is C15H16BrClN2O2. The average molecular weight is 372 g/mol. The van der Waals surface area contributed by atoms with E-state index in [1.54, 1.807) is 24.3 Å². The van der Waals surface area contributed by atoms with Gasteiger partial charge in [-0.05, 0) is 54.0 Å². The lowest BCUT2D eigenvalue weighted by molar-refractivity contribution is 0.339. The van der Waals surface area contributed by atoms with Gasteiger partial charge in [-0.15, -0.1) is 0 Å². The highest BCUT2D eigenvalue weighted by molar-refractivity contribution is 9.10. The Labute approximate surface area is 137 Å². The number of hydrogen-bond donors (Lipinski definition) is 2. The molecule has 1 aromatic heterocycles. The van der Waals surface area contributed by atoms with Crippen molar-refractivity contribution in [3.8, 4) is 11.5 Å². The summed E-state index contributed by atoms with van der Waals surface area (Å²) >= 11 is 9.51. The van der Waals surface area contributed by atoms with Gasteiger partial charge < -0.3 is 15.2 Å². The molecule has 0 aliphatic carbocycles. The van der Waals surface area contributed by atoms with Crippen LogP contribution in [0.25, 0.3) is 0 Å². The summed E-state index contributed by atoms with van der Waals surface area (Å²) in [5, 5.41) is 13.6. The Hall–Kier alpha value is -1.46. The van der Waals surface area contributed by atoms with Gasteiger partial charge in [-0.25, -0.2) is 0 Å². The number of aromatic hydroxyl groups is 1. The zero-order chi connectivity index (χ0) is 15.4. The first-order chi connectivity index (χ1) is 10.0. The van der Waals surface area contributed by atoms with Crippen molar-refractivity contribution in [1.82, 2.24) is 4.98 Å².